The van der Waals surface area contributed by atoms with E-state index in [4.69, 9.17) is 4.74 Å². The molecule has 1 aliphatic carbocycles. The molecule has 0 aliphatic heterocycles. The lowest BCUT2D eigenvalue weighted by Gasteiger charge is -2.29. The zero-order valence-electron chi connectivity index (χ0n) is 13.8. The van der Waals surface area contributed by atoms with Crippen LogP contribution in [0.2, 0.25) is 0 Å². The highest BCUT2D eigenvalue weighted by atomic mass is 19.1. The van der Waals surface area contributed by atoms with Gasteiger partial charge in [0.25, 0.3) is 11.6 Å². The number of carbonyl (C=O) groups excluding carboxylic acids is 2. The minimum Gasteiger partial charge on any atom is -0.481 e. The largest absolute Gasteiger partial charge is 0.481 e. The van der Waals surface area contributed by atoms with Gasteiger partial charge in [-0.1, -0.05) is 19.8 Å². The summed E-state index contributed by atoms with van der Waals surface area (Å²) in [5.74, 6) is -1.65. The van der Waals surface area contributed by atoms with Crippen molar-refractivity contribution in [3.63, 3.8) is 0 Å². The van der Waals surface area contributed by atoms with Crippen LogP contribution in [0.3, 0.4) is 0 Å². The minimum atomic E-state index is -0.956. The van der Waals surface area contributed by atoms with Gasteiger partial charge >= 0.3 is 6.03 Å². The van der Waals surface area contributed by atoms with E-state index in [-0.39, 0.29) is 11.8 Å². The number of urea groups is 1. The van der Waals surface area contributed by atoms with E-state index in [1.807, 2.05) is 6.92 Å². The Morgan fingerprint density at radius 1 is 1.36 bits per heavy atom. The molecule has 1 aromatic rings. The molecular formula is C16H20FN3O5. The van der Waals surface area contributed by atoms with E-state index in [1.165, 1.54) is 0 Å². The summed E-state index contributed by atoms with van der Waals surface area (Å²) in [5, 5.41) is 15.4. The Morgan fingerprint density at radius 3 is 2.72 bits per heavy atom. The Bertz CT molecular complexity index is 667. The molecule has 0 aromatic heterocycles. The molecule has 2 unspecified atom stereocenters. The van der Waals surface area contributed by atoms with E-state index < -0.39 is 35.0 Å². The van der Waals surface area contributed by atoms with Crippen LogP contribution in [0.15, 0.2) is 18.2 Å². The van der Waals surface area contributed by atoms with E-state index in [0.717, 1.165) is 37.8 Å². The zero-order chi connectivity index (χ0) is 18.4. The van der Waals surface area contributed by atoms with Crippen LogP contribution < -0.4 is 15.4 Å². The van der Waals surface area contributed by atoms with Gasteiger partial charge in [0.2, 0.25) is 0 Å². The number of nitrogens with one attached hydrogen (secondary N) is 2. The fraction of sp³-hybridized carbons (Fsp3) is 0.500. The van der Waals surface area contributed by atoms with Gasteiger partial charge < -0.3 is 10.1 Å². The first-order valence-corrected chi connectivity index (χ1v) is 8.04. The van der Waals surface area contributed by atoms with Crippen molar-refractivity contribution in [2.75, 3.05) is 6.61 Å². The van der Waals surface area contributed by atoms with Crippen LogP contribution in [0.5, 0.6) is 5.75 Å². The maximum Gasteiger partial charge on any atom is 0.321 e. The minimum absolute atomic E-state index is 0.0228. The number of hydrogen-bond donors (Lipinski definition) is 2. The third-order valence-electron chi connectivity index (χ3n) is 4.17. The lowest BCUT2D eigenvalue weighted by Crippen LogP contribution is -2.48. The number of nitrogens with zero attached hydrogens (tertiary/aromatic N) is 1. The summed E-state index contributed by atoms with van der Waals surface area (Å²) >= 11 is 0. The Kier molecular flexibility index (Phi) is 6.26. The van der Waals surface area contributed by atoms with Crippen LogP contribution in [-0.2, 0) is 4.79 Å². The number of amides is 3. The lowest BCUT2D eigenvalue weighted by molar-refractivity contribution is -0.385. The molecule has 1 saturated carbocycles. The van der Waals surface area contributed by atoms with Crippen molar-refractivity contribution in [3.05, 3.63) is 34.1 Å². The average Bonchev–Trinajstić information content (AvgIpc) is 2.55. The van der Waals surface area contributed by atoms with Gasteiger partial charge in [0, 0.05) is 12.1 Å². The number of ether oxygens (including phenoxy) is 1. The van der Waals surface area contributed by atoms with Crippen molar-refractivity contribution in [2.24, 2.45) is 5.92 Å². The molecule has 8 nitrogen and oxygen atoms in total. The van der Waals surface area contributed by atoms with Crippen molar-refractivity contribution >= 4 is 17.6 Å². The third kappa shape index (κ3) is 5.40. The Labute approximate surface area is 143 Å². The predicted molar refractivity (Wildman–Crippen MR) is 86.6 cm³/mol. The highest BCUT2D eigenvalue weighted by molar-refractivity contribution is 5.95. The van der Waals surface area contributed by atoms with Crippen LogP contribution in [0, 0.1) is 21.8 Å². The lowest BCUT2D eigenvalue weighted by atomic mass is 9.86. The molecule has 1 aliphatic rings. The summed E-state index contributed by atoms with van der Waals surface area (Å²) in [6, 6.07) is 2.23. The molecule has 2 N–H and O–H groups in total. The van der Waals surface area contributed by atoms with Gasteiger partial charge in [-0.2, -0.15) is 0 Å². The molecule has 0 saturated heterocycles. The molecule has 2 rings (SSSR count). The molecule has 0 radical (unpaired) electrons. The summed E-state index contributed by atoms with van der Waals surface area (Å²) in [6.07, 6.45) is 4.06. The molecule has 136 valence electrons. The number of non-ortho nitro benzene ring substituents is 1. The van der Waals surface area contributed by atoms with Crippen molar-refractivity contribution in [2.45, 2.75) is 38.6 Å². The number of imide groups is 1. The highest BCUT2D eigenvalue weighted by Gasteiger charge is 2.23. The van der Waals surface area contributed by atoms with Gasteiger partial charge in [-0.05, 0) is 24.8 Å². The van der Waals surface area contributed by atoms with E-state index in [9.17, 15) is 24.1 Å². The maximum atomic E-state index is 13.6. The first-order chi connectivity index (χ1) is 11.9. The van der Waals surface area contributed by atoms with Gasteiger partial charge in [0.1, 0.15) is 0 Å². The monoisotopic (exact) mass is 353 g/mol. The van der Waals surface area contributed by atoms with Gasteiger partial charge in [-0.25, -0.2) is 9.18 Å². The van der Waals surface area contributed by atoms with E-state index in [0.29, 0.717) is 12.0 Å². The zero-order valence-corrected chi connectivity index (χ0v) is 13.8. The first-order valence-electron chi connectivity index (χ1n) is 8.04. The molecule has 2 atom stereocenters. The van der Waals surface area contributed by atoms with Crippen LogP contribution in [0.4, 0.5) is 14.9 Å². The summed E-state index contributed by atoms with van der Waals surface area (Å²) in [6.45, 7) is 1.47. The summed E-state index contributed by atoms with van der Waals surface area (Å²) < 4.78 is 18.6. The van der Waals surface area contributed by atoms with Gasteiger partial charge in [0.15, 0.2) is 18.2 Å². The van der Waals surface area contributed by atoms with E-state index in [1.54, 1.807) is 0 Å². The average molecular weight is 353 g/mol. The third-order valence-corrected chi connectivity index (χ3v) is 4.17. The molecule has 0 heterocycles. The molecule has 1 fully saturated rings. The normalized spacial score (nSPS) is 19.8. The summed E-state index contributed by atoms with van der Waals surface area (Å²) in [4.78, 5) is 33.3. The number of rotatable bonds is 5. The molecule has 1 aromatic carbocycles. The number of nitro benzene ring substituents is 1. The number of halogens is 1. The second-order valence-corrected chi connectivity index (χ2v) is 6.05. The number of hydrogen-bond acceptors (Lipinski definition) is 5. The van der Waals surface area contributed by atoms with Crippen molar-refractivity contribution in [3.8, 4) is 5.75 Å². The Balaban J connectivity index is 1.80. The second-order valence-electron chi connectivity index (χ2n) is 6.05. The fourth-order valence-electron chi connectivity index (χ4n) is 2.76. The van der Waals surface area contributed by atoms with Crippen molar-refractivity contribution in [1.29, 1.82) is 0 Å². The smallest absolute Gasteiger partial charge is 0.321 e. The highest BCUT2D eigenvalue weighted by Crippen LogP contribution is 2.24. The summed E-state index contributed by atoms with van der Waals surface area (Å²) in [5.41, 5.74) is -0.421. The summed E-state index contributed by atoms with van der Waals surface area (Å²) in [7, 11) is 0. The van der Waals surface area contributed by atoms with Crippen molar-refractivity contribution in [1.82, 2.24) is 10.6 Å². The number of benzene rings is 1. The van der Waals surface area contributed by atoms with Gasteiger partial charge in [-0.15, -0.1) is 0 Å². The fourth-order valence-corrected chi connectivity index (χ4v) is 2.76. The predicted octanol–water partition coefficient (Wildman–Crippen LogP) is 2.52. The first kappa shape index (κ1) is 18.6. The SMILES string of the molecule is CC1CCCCC1NC(=O)NC(=O)COc1ccc([N+](=O)[O-])cc1F. The Hall–Kier alpha value is -2.71. The quantitative estimate of drug-likeness (QED) is 0.624. The second kappa shape index (κ2) is 8.41. The van der Waals surface area contributed by atoms with Gasteiger partial charge in [-0.3, -0.25) is 20.2 Å². The standard InChI is InChI=1S/C16H20FN3O5/c1-10-4-2-3-5-13(10)18-16(22)19-15(21)9-25-14-7-6-11(20(23)24)8-12(14)17/h6-8,10,13H,2-5,9H2,1H3,(H2,18,19,21,22). The van der Waals surface area contributed by atoms with Crippen molar-refractivity contribution < 1.29 is 23.6 Å². The molecule has 0 spiro atoms. The molecule has 25 heavy (non-hydrogen) atoms. The van der Waals surface area contributed by atoms with Crippen LogP contribution in [0.25, 0.3) is 0 Å². The van der Waals surface area contributed by atoms with Crippen LogP contribution >= 0.6 is 0 Å². The Morgan fingerprint density at radius 2 is 2.08 bits per heavy atom. The van der Waals surface area contributed by atoms with Crippen LogP contribution in [-0.4, -0.2) is 29.5 Å². The van der Waals surface area contributed by atoms with Crippen LogP contribution in [0.1, 0.15) is 32.6 Å². The van der Waals surface area contributed by atoms with Gasteiger partial charge in [0.05, 0.1) is 11.0 Å². The molecule has 9 heteroatoms. The number of nitro groups is 1. The topological polar surface area (TPSA) is 111 Å². The number of carbonyl (C=O) groups is 2. The molecular weight excluding hydrogens is 333 g/mol. The molecule has 0 bridgehead atoms. The van der Waals surface area contributed by atoms with E-state index in [2.05, 4.69) is 10.6 Å². The molecule has 3 amide bonds. The maximum absolute atomic E-state index is 13.6. The van der Waals surface area contributed by atoms with E-state index >= 15 is 0 Å².